The van der Waals surface area contributed by atoms with Crippen LogP contribution in [-0.2, 0) is 24.3 Å². The van der Waals surface area contributed by atoms with Gasteiger partial charge in [-0.3, -0.25) is 9.59 Å². The molecule has 5 heteroatoms. The molecule has 0 saturated heterocycles. The fourth-order valence-corrected chi connectivity index (χ4v) is 3.21. The van der Waals surface area contributed by atoms with Gasteiger partial charge in [-0.25, -0.2) is 0 Å². The summed E-state index contributed by atoms with van der Waals surface area (Å²) >= 11 is 1.53. The third kappa shape index (κ3) is 3.51. The monoisotopic (exact) mass is 326 g/mol. The van der Waals surface area contributed by atoms with E-state index in [9.17, 15) is 9.59 Å². The number of carbonyl (C=O) groups is 1. The number of aromatic nitrogens is 1. The normalized spacial score (nSPS) is 10.8. The van der Waals surface area contributed by atoms with Crippen molar-refractivity contribution in [2.24, 2.45) is 0 Å². The Balaban J connectivity index is 1.64. The maximum absolute atomic E-state index is 12.3. The van der Waals surface area contributed by atoms with Crippen LogP contribution >= 0.6 is 11.3 Å². The highest BCUT2D eigenvalue weighted by Crippen LogP contribution is 2.16. The topological polar surface area (TPSA) is 51.1 Å². The van der Waals surface area contributed by atoms with E-state index < -0.39 is 0 Å². The third-order valence-electron chi connectivity index (χ3n) is 3.83. The van der Waals surface area contributed by atoms with E-state index in [0.717, 1.165) is 16.7 Å². The van der Waals surface area contributed by atoms with Gasteiger partial charge in [0.05, 0.1) is 5.39 Å². The predicted molar refractivity (Wildman–Crippen MR) is 93.8 cm³/mol. The lowest BCUT2D eigenvalue weighted by atomic mass is 10.1. The van der Waals surface area contributed by atoms with Crippen LogP contribution in [0, 0.1) is 0 Å². The number of nitrogens with zero attached hydrogens (tertiary/aromatic N) is 1. The smallest absolute Gasteiger partial charge is 0.259 e. The number of aryl methyl sites for hydroxylation is 1. The van der Waals surface area contributed by atoms with Gasteiger partial charge in [0.25, 0.3) is 5.56 Å². The van der Waals surface area contributed by atoms with E-state index in [1.807, 2.05) is 23.6 Å². The second kappa shape index (κ2) is 6.79. The molecule has 1 N–H and O–H groups in total. The first-order valence-corrected chi connectivity index (χ1v) is 8.46. The molecule has 0 aliphatic carbocycles. The van der Waals surface area contributed by atoms with E-state index in [1.54, 1.807) is 12.3 Å². The minimum absolute atomic E-state index is 0.0393. The molecule has 0 spiro atoms. The molecule has 3 aromatic rings. The van der Waals surface area contributed by atoms with Gasteiger partial charge in [-0.15, -0.1) is 11.3 Å². The van der Waals surface area contributed by atoms with Crippen LogP contribution < -0.4 is 10.9 Å². The first-order valence-electron chi connectivity index (χ1n) is 7.58. The van der Waals surface area contributed by atoms with E-state index in [0.29, 0.717) is 11.9 Å². The molecule has 0 unspecified atom stereocenters. The van der Waals surface area contributed by atoms with Crippen molar-refractivity contribution in [1.82, 2.24) is 9.88 Å². The molecular formula is C18H18N2O2S. The van der Waals surface area contributed by atoms with E-state index >= 15 is 0 Å². The van der Waals surface area contributed by atoms with E-state index in [1.165, 1.54) is 21.5 Å². The SMILES string of the molecule is CCc1ccc(CNC(=O)Cn2ccc3sccc3c2=O)cc1. The van der Waals surface area contributed by atoms with Gasteiger partial charge >= 0.3 is 0 Å². The Bertz CT molecular complexity index is 878. The number of hydrogen-bond donors (Lipinski definition) is 1. The minimum atomic E-state index is -0.166. The number of thiophene rings is 1. The number of benzene rings is 1. The fourth-order valence-electron chi connectivity index (χ4n) is 2.44. The number of fused-ring (bicyclic) bond motifs is 1. The van der Waals surface area contributed by atoms with Crippen molar-refractivity contribution in [1.29, 1.82) is 0 Å². The van der Waals surface area contributed by atoms with E-state index in [-0.39, 0.29) is 18.0 Å². The van der Waals surface area contributed by atoms with Crippen molar-refractivity contribution in [2.75, 3.05) is 0 Å². The number of nitrogens with one attached hydrogen (secondary N) is 1. The number of amides is 1. The molecular weight excluding hydrogens is 308 g/mol. The van der Waals surface area contributed by atoms with Crippen LogP contribution in [0.25, 0.3) is 10.1 Å². The zero-order chi connectivity index (χ0) is 16.2. The van der Waals surface area contributed by atoms with Crippen molar-refractivity contribution < 1.29 is 4.79 Å². The van der Waals surface area contributed by atoms with E-state index in [4.69, 9.17) is 0 Å². The predicted octanol–water partition coefficient (Wildman–Crippen LogP) is 2.94. The molecule has 23 heavy (non-hydrogen) atoms. The summed E-state index contributed by atoms with van der Waals surface area (Å²) in [4.78, 5) is 24.3. The Morgan fingerprint density at radius 1 is 1.13 bits per heavy atom. The molecule has 0 saturated carbocycles. The van der Waals surface area contributed by atoms with Crippen molar-refractivity contribution in [2.45, 2.75) is 26.4 Å². The summed E-state index contributed by atoms with van der Waals surface area (Å²) in [7, 11) is 0. The zero-order valence-electron chi connectivity index (χ0n) is 12.9. The summed E-state index contributed by atoms with van der Waals surface area (Å²) in [5, 5.41) is 5.41. The molecule has 3 rings (SSSR count). The lowest BCUT2D eigenvalue weighted by Crippen LogP contribution is -2.31. The van der Waals surface area contributed by atoms with Gasteiger partial charge in [-0.2, -0.15) is 0 Å². The molecule has 4 nitrogen and oxygen atoms in total. The Labute approximate surface area is 138 Å². The lowest BCUT2D eigenvalue weighted by molar-refractivity contribution is -0.121. The quantitative estimate of drug-likeness (QED) is 0.784. The minimum Gasteiger partial charge on any atom is -0.350 e. The first kappa shape index (κ1) is 15.5. The van der Waals surface area contributed by atoms with Crippen LogP contribution in [0.3, 0.4) is 0 Å². The van der Waals surface area contributed by atoms with Crippen LogP contribution in [-0.4, -0.2) is 10.5 Å². The Morgan fingerprint density at radius 2 is 1.87 bits per heavy atom. The molecule has 0 aliphatic rings. The molecule has 1 amide bonds. The largest absolute Gasteiger partial charge is 0.350 e. The van der Waals surface area contributed by atoms with Crippen LogP contribution in [0.15, 0.2) is 52.8 Å². The number of pyridine rings is 1. The zero-order valence-corrected chi connectivity index (χ0v) is 13.7. The number of rotatable bonds is 5. The van der Waals surface area contributed by atoms with Crippen LogP contribution in [0.1, 0.15) is 18.1 Å². The molecule has 2 heterocycles. The van der Waals surface area contributed by atoms with Gasteiger partial charge in [-0.05, 0) is 35.1 Å². The second-order valence-corrected chi connectivity index (χ2v) is 6.34. The summed E-state index contributed by atoms with van der Waals surface area (Å²) in [6.07, 6.45) is 2.68. The van der Waals surface area contributed by atoms with Gasteiger partial charge < -0.3 is 9.88 Å². The average Bonchev–Trinajstić information content (AvgIpc) is 3.05. The van der Waals surface area contributed by atoms with Crippen molar-refractivity contribution in [3.63, 3.8) is 0 Å². The highest BCUT2D eigenvalue weighted by Gasteiger charge is 2.07. The first-order chi connectivity index (χ1) is 11.2. The highest BCUT2D eigenvalue weighted by molar-refractivity contribution is 7.17. The van der Waals surface area contributed by atoms with Crippen molar-refractivity contribution >= 4 is 27.3 Å². The Morgan fingerprint density at radius 3 is 2.61 bits per heavy atom. The van der Waals surface area contributed by atoms with Crippen molar-refractivity contribution in [3.05, 3.63) is 69.5 Å². The highest BCUT2D eigenvalue weighted by atomic mass is 32.1. The molecule has 0 fully saturated rings. The summed E-state index contributed by atoms with van der Waals surface area (Å²) < 4.78 is 2.40. The molecule has 118 valence electrons. The average molecular weight is 326 g/mol. The molecule has 0 bridgehead atoms. The molecule has 0 atom stereocenters. The van der Waals surface area contributed by atoms with Gasteiger partial charge in [0.15, 0.2) is 0 Å². The second-order valence-electron chi connectivity index (χ2n) is 5.39. The van der Waals surface area contributed by atoms with Gasteiger partial charge in [0, 0.05) is 17.4 Å². The maximum atomic E-state index is 12.3. The van der Waals surface area contributed by atoms with E-state index in [2.05, 4.69) is 24.4 Å². The van der Waals surface area contributed by atoms with Crippen LogP contribution in [0.4, 0.5) is 0 Å². The summed E-state index contributed by atoms with van der Waals surface area (Å²) in [5.41, 5.74) is 2.21. The Kier molecular flexibility index (Phi) is 4.57. The molecule has 0 aliphatic heterocycles. The van der Waals surface area contributed by atoms with Crippen molar-refractivity contribution in [3.8, 4) is 0 Å². The van der Waals surface area contributed by atoms with Crippen LogP contribution in [0.5, 0.6) is 0 Å². The fraction of sp³-hybridized carbons (Fsp3) is 0.222. The maximum Gasteiger partial charge on any atom is 0.259 e. The Hall–Kier alpha value is -2.40. The standard InChI is InChI=1S/C18H18N2O2S/c1-2-13-3-5-14(6-4-13)11-19-17(21)12-20-9-7-16-15(18(20)22)8-10-23-16/h3-10H,2,11-12H2,1H3,(H,19,21). The molecule has 2 aromatic heterocycles. The summed E-state index contributed by atoms with van der Waals surface area (Å²) in [6, 6.07) is 11.8. The summed E-state index contributed by atoms with van der Waals surface area (Å²) in [5.74, 6) is -0.166. The number of carbonyl (C=O) groups excluding carboxylic acids is 1. The number of hydrogen-bond acceptors (Lipinski definition) is 3. The molecule has 0 radical (unpaired) electrons. The lowest BCUT2D eigenvalue weighted by Gasteiger charge is -2.08. The van der Waals surface area contributed by atoms with Crippen LogP contribution in [0.2, 0.25) is 0 Å². The summed E-state index contributed by atoms with van der Waals surface area (Å²) in [6.45, 7) is 2.62. The van der Waals surface area contributed by atoms with Gasteiger partial charge in [0.2, 0.25) is 5.91 Å². The van der Waals surface area contributed by atoms with Gasteiger partial charge in [0.1, 0.15) is 6.54 Å². The van der Waals surface area contributed by atoms with Gasteiger partial charge in [-0.1, -0.05) is 31.2 Å². The third-order valence-corrected chi connectivity index (χ3v) is 4.71. The molecule has 1 aromatic carbocycles.